The summed E-state index contributed by atoms with van der Waals surface area (Å²) >= 11 is 0. The SMILES string of the molecule is C=C1N(C)/C=C\S(=O)/C=C\N1C. The van der Waals surface area contributed by atoms with Crippen molar-refractivity contribution in [3.8, 4) is 0 Å². The number of rotatable bonds is 0. The number of hydrogen-bond acceptors (Lipinski definition) is 3. The van der Waals surface area contributed by atoms with Gasteiger partial charge in [-0.05, 0) is 0 Å². The third-order valence-electron chi connectivity index (χ3n) is 1.65. The molecule has 1 rings (SSSR count). The molecular weight excluding hydrogens is 172 g/mol. The molecule has 0 atom stereocenters. The monoisotopic (exact) mass is 184 g/mol. The lowest BCUT2D eigenvalue weighted by atomic mass is 10.6. The van der Waals surface area contributed by atoms with Gasteiger partial charge < -0.3 is 9.80 Å². The predicted octanol–water partition coefficient (Wildman–Crippen LogP) is 1.03. The maximum atomic E-state index is 11.1. The smallest absolute Gasteiger partial charge is 0.104 e. The van der Waals surface area contributed by atoms with Gasteiger partial charge in [-0.2, -0.15) is 0 Å². The van der Waals surface area contributed by atoms with Crippen LogP contribution in [0.25, 0.3) is 0 Å². The Morgan fingerprint density at radius 2 is 1.67 bits per heavy atom. The van der Waals surface area contributed by atoms with E-state index in [2.05, 4.69) is 6.58 Å². The Morgan fingerprint density at radius 1 is 1.25 bits per heavy atom. The van der Waals surface area contributed by atoms with Crippen molar-refractivity contribution in [2.45, 2.75) is 0 Å². The minimum atomic E-state index is -1.01. The minimum Gasteiger partial charge on any atom is -0.337 e. The number of nitrogens with zero attached hydrogens (tertiary/aromatic N) is 2. The summed E-state index contributed by atoms with van der Waals surface area (Å²) in [6, 6.07) is 0. The van der Waals surface area contributed by atoms with Gasteiger partial charge in [-0.15, -0.1) is 0 Å². The van der Waals surface area contributed by atoms with E-state index < -0.39 is 10.8 Å². The molecule has 0 bridgehead atoms. The first-order chi connectivity index (χ1) is 5.61. The Labute approximate surface area is 75.1 Å². The van der Waals surface area contributed by atoms with E-state index in [0.29, 0.717) is 0 Å². The minimum absolute atomic E-state index is 0.846. The second-order valence-corrected chi connectivity index (χ2v) is 3.74. The van der Waals surface area contributed by atoms with Crippen LogP contribution in [0.15, 0.2) is 35.6 Å². The third-order valence-corrected chi connectivity index (χ3v) is 2.43. The van der Waals surface area contributed by atoms with Crippen LogP contribution in [0.2, 0.25) is 0 Å². The lowest BCUT2D eigenvalue weighted by Gasteiger charge is -2.25. The van der Waals surface area contributed by atoms with E-state index in [9.17, 15) is 4.21 Å². The average molecular weight is 184 g/mol. The van der Waals surface area contributed by atoms with Crippen LogP contribution in [0.4, 0.5) is 0 Å². The van der Waals surface area contributed by atoms with Gasteiger partial charge in [0.05, 0.1) is 10.8 Å². The van der Waals surface area contributed by atoms with Crippen LogP contribution in [0.5, 0.6) is 0 Å². The molecule has 0 N–H and O–H groups in total. The summed E-state index contributed by atoms with van der Waals surface area (Å²) in [4.78, 5) is 3.64. The van der Waals surface area contributed by atoms with Crippen LogP contribution >= 0.6 is 0 Å². The molecule has 1 aliphatic heterocycles. The Hall–Kier alpha value is -1.03. The fourth-order valence-corrected chi connectivity index (χ4v) is 1.46. The van der Waals surface area contributed by atoms with Crippen LogP contribution in [0.1, 0.15) is 0 Å². The summed E-state index contributed by atoms with van der Waals surface area (Å²) in [5, 5.41) is 3.24. The van der Waals surface area contributed by atoms with Crippen LogP contribution < -0.4 is 0 Å². The molecule has 1 aliphatic rings. The molecule has 0 saturated heterocycles. The molecule has 0 radical (unpaired) electrons. The van der Waals surface area contributed by atoms with E-state index in [0.717, 1.165) is 5.82 Å². The Kier molecular flexibility index (Phi) is 2.70. The lowest BCUT2D eigenvalue weighted by molar-refractivity contribution is 0.398. The van der Waals surface area contributed by atoms with Gasteiger partial charge >= 0.3 is 0 Å². The molecule has 4 heteroatoms. The van der Waals surface area contributed by atoms with Gasteiger partial charge in [0.15, 0.2) is 0 Å². The standard InChI is InChI=1S/C8H12N2OS/c1-8-9(2)4-6-12(11)7-5-10(8)3/h4-7H,1H2,2-3H3/b6-4-,7-5-. The van der Waals surface area contributed by atoms with Crippen molar-refractivity contribution >= 4 is 10.8 Å². The average Bonchev–Trinajstić information content (AvgIpc) is 2.07. The molecule has 0 aliphatic carbocycles. The summed E-state index contributed by atoms with van der Waals surface area (Å²) < 4.78 is 11.1. The van der Waals surface area contributed by atoms with Gasteiger partial charge in [-0.1, -0.05) is 6.58 Å². The molecule has 0 spiro atoms. The lowest BCUT2D eigenvalue weighted by Crippen LogP contribution is -2.23. The van der Waals surface area contributed by atoms with E-state index in [-0.39, 0.29) is 0 Å². The number of hydrogen-bond donors (Lipinski definition) is 0. The Balaban J connectivity index is 2.89. The zero-order valence-corrected chi connectivity index (χ0v) is 8.04. The van der Waals surface area contributed by atoms with E-state index in [1.165, 1.54) is 0 Å². The summed E-state index contributed by atoms with van der Waals surface area (Å²) in [6.07, 6.45) is 3.50. The highest BCUT2D eigenvalue weighted by atomic mass is 32.2. The largest absolute Gasteiger partial charge is 0.337 e. The van der Waals surface area contributed by atoms with Gasteiger partial charge in [-0.3, -0.25) is 4.21 Å². The fourth-order valence-electron chi connectivity index (χ4n) is 0.769. The highest BCUT2D eigenvalue weighted by molar-refractivity contribution is 7.90. The summed E-state index contributed by atoms with van der Waals surface area (Å²) in [7, 11) is 2.72. The second kappa shape index (κ2) is 3.58. The van der Waals surface area contributed by atoms with Gasteiger partial charge in [0.1, 0.15) is 5.82 Å². The molecule has 0 aromatic heterocycles. The van der Waals surface area contributed by atoms with Crippen LogP contribution in [0.3, 0.4) is 0 Å². The first-order valence-electron chi connectivity index (χ1n) is 3.52. The second-order valence-electron chi connectivity index (χ2n) is 2.54. The molecule has 0 amide bonds. The molecule has 66 valence electrons. The molecule has 0 unspecified atom stereocenters. The first kappa shape index (κ1) is 9.06. The summed E-state index contributed by atoms with van der Waals surface area (Å²) in [6.45, 7) is 3.85. The van der Waals surface area contributed by atoms with Crippen LogP contribution in [-0.4, -0.2) is 28.1 Å². The maximum absolute atomic E-state index is 11.1. The normalized spacial score (nSPS) is 25.0. The fraction of sp³-hybridized carbons (Fsp3) is 0.250. The van der Waals surface area contributed by atoms with Crippen LogP contribution in [-0.2, 0) is 10.8 Å². The highest BCUT2D eigenvalue weighted by Crippen LogP contribution is 2.08. The van der Waals surface area contributed by atoms with Gasteiger partial charge in [0.25, 0.3) is 0 Å². The Morgan fingerprint density at radius 3 is 2.08 bits per heavy atom. The molecule has 0 aromatic carbocycles. The van der Waals surface area contributed by atoms with Gasteiger partial charge in [-0.25, -0.2) is 0 Å². The van der Waals surface area contributed by atoms with E-state index >= 15 is 0 Å². The van der Waals surface area contributed by atoms with Gasteiger partial charge in [0, 0.05) is 37.3 Å². The molecule has 3 nitrogen and oxygen atoms in total. The van der Waals surface area contributed by atoms with Crippen molar-refractivity contribution in [1.82, 2.24) is 9.80 Å². The third kappa shape index (κ3) is 1.98. The summed E-state index contributed by atoms with van der Waals surface area (Å²) in [5.41, 5.74) is 0. The van der Waals surface area contributed by atoms with E-state index in [1.54, 1.807) is 23.2 Å². The van der Waals surface area contributed by atoms with Crippen molar-refractivity contribution in [3.63, 3.8) is 0 Å². The van der Waals surface area contributed by atoms with Crippen molar-refractivity contribution < 1.29 is 4.21 Å². The van der Waals surface area contributed by atoms with Gasteiger partial charge in [0.2, 0.25) is 0 Å². The molecule has 0 fully saturated rings. The molecule has 1 heterocycles. The van der Waals surface area contributed by atoms with Crippen molar-refractivity contribution in [2.24, 2.45) is 0 Å². The zero-order valence-electron chi connectivity index (χ0n) is 7.23. The molecular formula is C8H12N2OS. The quantitative estimate of drug-likeness (QED) is 0.561. The molecule has 0 saturated carbocycles. The van der Waals surface area contributed by atoms with E-state index in [4.69, 9.17) is 0 Å². The van der Waals surface area contributed by atoms with Crippen molar-refractivity contribution in [3.05, 3.63) is 35.6 Å². The Bertz CT molecular complexity index is 246. The van der Waals surface area contributed by atoms with Crippen molar-refractivity contribution in [1.29, 1.82) is 0 Å². The van der Waals surface area contributed by atoms with E-state index in [1.807, 2.05) is 23.9 Å². The topological polar surface area (TPSA) is 23.6 Å². The first-order valence-corrected chi connectivity index (χ1v) is 4.79. The molecule has 12 heavy (non-hydrogen) atoms. The molecule has 0 aromatic rings. The predicted molar refractivity (Wildman–Crippen MR) is 51.1 cm³/mol. The summed E-state index contributed by atoms with van der Waals surface area (Å²) in [5.74, 6) is 0.846. The zero-order chi connectivity index (χ0) is 9.14. The highest BCUT2D eigenvalue weighted by Gasteiger charge is 2.04. The maximum Gasteiger partial charge on any atom is 0.104 e. The van der Waals surface area contributed by atoms with Crippen LogP contribution in [0, 0.1) is 0 Å². The van der Waals surface area contributed by atoms with Crippen molar-refractivity contribution in [2.75, 3.05) is 14.1 Å².